The molecule has 0 fully saturated rings. The molecule has 0 saturated carbocycles. The predicted molar refractivity (Wildman–Crippen MR) is 77.0 cm³/mol. The summed E-state index contributed by atoms with van der Waals surface area (Å²) in [6, 6.07) is 8.09. The largest absolute Gasteiger partial charge is 0.395 e. The fourth-order valence-corrected chi connectivity index (χ4v) is 1.71. The first-order valence-electron chi connectivity index (χ1n) is 6.33. The lowest BCUT2D eigenvalue weighted by molar-refractivity contribution is -0.111. The number of aldehydes is 1. The molecule has 0 atom stereocenters. The van der Waals surface area contributed by atoms with Crippen molar-refractivity contribution in [2.45, 2.75) is 0 Å². The van der Waals surface area contributed by atoms with Crippen molar-refractivity contribution in [1.29, 1.82) is 0 Å². The first-order valence-corrected chi connectivity index (χ1v) is 6.33. The molecule has 0 aliphatic carbocycles. The van der Waals surface area contributed by atoms with Gasteiger partial charge < -0.3 is 24.4 Å². The van der Waals surface area contributed by atoms with Crippen LogP contribution in [-0.4, -0.2) is 58.4 Å². The molecule has 0 spiro atoms. The Hall–Kier alpha value is -1.59. The highest BCUT2D eigenvalue weighted by molar-refractivity contribution is 5.58. The first kappa shape index (κ1) is 15.5. The lowest BCUT2D eigenvalue weighted by Crippen LogP contribution is -2.24. The smallest absolute Gasteiger partial charge is 0.145 e. The van der Waals surface area contributed by atoms with E-state index in [0.29, 0.717) is 13.2 Å². The molecule has 1 aromatic carbocycles. The van der Waals surface area contributed by atoms with E-state index in [1.807, 2.05) is 37.2 Å². The molecule has 0 amide bonds. The molecule has 0 aliphatic rings. The molecule has 1 aromatic rings. The second-order valence-electron chi connectivity index (χ2n) is 4.33. The summed E-state index contributed by atoms with van der Waals surface area (Å²) in [5, 5.41) is 8.95. The van der Waals surface area contributed by atoms with E-state index in [9.17, 15) is 4.79 Å². The Labute approximate surface area is 114 Å². The van der Waals surface area contributed by atoms with E-state index in [1.165, 1.54) is 0 Å². The van der Waals surface area contributed by atoms with Gasteiger partial charge in [0.1, 0.15) is 12.9 Å². The molecule has 19 heavy (non-hydrogen) atoms. The van der Waals surface area contributed by atoms with E-state index in [-0.39, 0.29) is 13.2 Å². The standard InChI is InChI=1S/C14H22N2O3/c1-15(6-8-17)13-4-3-5-14(12-13)16(2)7-10-19-11-9-18/h3-5,9,12,17H,6-8,10-11H2,1-2H3. The number of ether oxygens (including phenoxy) is 1. The minimum absolute atomic E-state index is 0.135. The molecule has 0 radical (unpaired) electrons. The maximum absolute atomic E-state index is 10.1. The van der Waals surface area contributed by atoms with Crippen LogP contribution in [0.1, 0.15) is 0 Å². The Morgan fingerprint density at radius 3 is 2.42 bits per heavy atom. The highest BCUT2D eigenvalue weighted by Gasteiger charge is 2.04. The van der Waals surface area contributed by atoms with E-state index < -0.39 is 0 Å². The van der Waals surface area contributed by atoms with Gasteiger partial charge in [0.15, 0.2) is 0 Å². The fraction of sp³-hybridized carbons (Fsp3) is 0.500. The van der Waals surface area contributed by atoms with Gasteiger partial charge in [-0.25, -0.2) is 0 Å². The number of rotatable bonds is 9. The molecule has 106 valence electrons. The fourth-order valence-electron chi connectivity index (χ4n) is 1.71. The molecule has 0 aliphatic heterocycles. The van der Waals surface area contributed by atoms with Crippen molar-refractivity contribution >= 4 is 17.7 Å². The number of carbonyl (C=O) groups is 1. The van der Waals surface area contributed by atoms with Crippen LogP contribution >= 0.6 is 0 Å². The minimum Gasteiger partial charge on any atom is -0.395 e. The number of anilines is 2. The van der Waals surface area contributed by atoms with Crippen LogP contribution in [0.2, 0.25) is 0 Å². The van der Waals surface area contributed by atoms with Crippen LogP contribution in [0.5, 0.6) is 0 Å². The van der Waals surface area contributed by atoms with E-state index in [4.69, 9.17) is 9.84 Å². The van der Waals surface area contributed by atoms with Crippen LogP contribution in [-0.2, 0) is 9.53 Å². The maximum Gasteiger partial charge on any atom is 0.145 e. The molecule has 1 rings (SSSR count). The highest BCUT2D eigenvalue weighted by Crippen LogP contribution is 2.20. The minimum atomic E-state index is 0.135. The number of aliphatic hydroxyl groups is 1. The average Bonchev–Trinajstić information content (AvgIpc) is 2.44. The number of aliphatic hydroxyl groups excluding tert-OH is 1. The van der Waals surface area contributed by atoms with Gasteiger partial charge in [-0.1, -0.05) is 6.07 Å². The Balaban J connectivity index is 2.57. The van der Waals surface area contributed by atoms with E-state index >= 15 is 0 Å². The molecule has 0 aromatic heterocycles. The lowest BCUT2D eigenvalue weighted by atomic mass is 10.2. The summed E-state index contributed by atoms with van der Waals surface area (Å²) in [7, 11) is 3.93. The van der Waals surface area contributed by atoms with Crippen LogP contribution in [0, 0.1) is 0 Å². The Morgan fingerprint density at radius 2 is 1.84 bits per heavy atom. The molecule has 5 nitrogen and oxygen atoms in total. The monoisotopic (exact) mass is 266 g/mol. The van der Waals surface area contributed by atoms with Crippen LogP contribution < -0.4 is 9.80 Å². The van der Waals surface area contributed by atoms with E-state index in [1.54, 1.807) is 0 Å². The van der Waals surface area contributed by atoms with Gasteiger partial charge in [-0.2, -0.15) is 0 Å². The number of hydrogen-bond acceptors (Lipinski definition) is 5. The zero-order chi connectivity index (χ0) is 14.1. The SMILES string of the molecule is CN(CCO)c1cccc(N(C)CCOCC=O)c1. The quantitative estimate of drug-likeness (QED) is 0.528. The van der Waals surface area contributed by atoms with Gasteiger partial charge in [0.2, 0.25) is 0 Å². The van der Waals surface area contributed by atoms with Crippen molar-refractivity contribution < 1.29 is 14.6 Å². The van der Waals surface area contributed by atoms with Crippen molar-refractivity contribution in [1.82, 2.24) is 0 Å². The van der Waals surface area contributed by atoms with Crippen molar-refractivity contribution in [3.05, 3.63) is 24.3 Å². The van der Waals surface area contributed by atoms with Crippen molar-refractivity contribution in [2.75, 3.05) is 56.8 Å². The third-order valence-corrected chi connectivity index (χ3v) is 2.90. The third-order valence-electron chi connectivity index (χ3n) is 2.90. The highest BCUT2D eigenvalue weighted by atomic mass is 16.5. The normalized spacial score (nSPS) is 10.3. The molecule has 0 unspecified atom stereocenters. The Morgan fingerprint density at radius 1 is 1.21 bits per heavy atom. The molecule has 0 heterocycles. The average molecular weight is 266 g/mol. The zero-order valence-electron chi connectivity index (χ0n) is 11.6. The summed E-state index contributed by atoms with van der Waals surface area (Å²) in [4.78, 5) is 14.2. The van der Waals surface area contributed by atoms with Gasteiger partial charge in [0.25, 0.3) is 0 Å². The summed E-state index contributed by atoms with van der Waals surface area (Å²) in [6.07, 6.45) is 0.754. The molecule has 0 bridgehead atoms. The number of carbonyl (C=O) groups excluding carboxylic acids is 1. The van der Waals surface area contributed by atoms with E-state index in [0.717, 1.165) is 24.2 Å². The van der Waals surface area contributed by atoms with Crippen LogP contribution in [0.15, 0.2) is 24.3 Å². The second kappa shape index (κ2) is 8.50. The number of nitrogens with zero attached hydrogens (tertiary/aromatic N) is 2. The molecule has 5 heteroatoms. The van der Waals surface area contributed by atoms with Gasteiger partial charge in [-0.15, -0.1) is 0 Å². The summed E-state index contributed by atoms with van der Waals surface area (Å²) < 4.78 is 5.14. The number of hydrogen-bond donors (Lipinski definition) is 1. The molecular formula is C14H22N2O3. The van der Waals surface area contributed by atoms with Crippen LogP contribution in [0.4, 0.5) is 11.4 Å². The Kier molecular flexibility index (Phi) is 6.92. The van der Waals surface area contributed by atoms with E-state index in [2.05, 4.69) is 11.0 Å². The second-order valence-corrected chi connectivity index (χ2v) is 4.33. The summed E-state index contributed by atoms with van der Waals surface area (Å²) in [6.45, 7) is 2.13. The zero-order valence-corrected chi connectivity index (χ0v) is 11.6. The summed E-state index contributed by atoms with van der Waals surface area (Å²) >= 11 is 0. The topological polar surface area (TPSA) is 53.0 Å². The number of likely N-dealkylation sites (N-methyl/N-ethyl adjacent to an activating group) is 2. The summed E-state index contributed by atoms with van der Waals surface area (Å²) in [5.74, 6) is 0. The molecule has 1 N–H and O–H groups in total. The predicted octanol–water partition coefficient (Wildman–Crippen LogP) is 0.767. The van der Waals surface area contributed by atoms with Gasteiger partial charge in [-0.3, -0.25) is 0 Å². The van der Waals surface area contributed by atoms with Crippen LogP contribution in [0.3, 0.4) is 0 Å². The van der Waals surface area contributed by atoms with Gasteiger partial charge in [-0.05, 0) is 18.2 Å². The first-order chi connectivity index (χ1) is 9.19. The van der Waals surface area contributed by atoms with Gasteiger partial charge in [0.05, 0.1) is 13.2 Å². The van der Waals surface area contributed by atoms with Gasteiger partial charge in [0, 0.05) is 38.6 Å². The molecular weight excluding hydrogens is 244 g/mol. The lowest BCUT2D eigenvalue weighted by Gasteiger charge is -2.23. The number of benzene rings is 1. The maximum atomic E-state index is 10.1. The summed E-state index contributed by atoms with van der Waals surface area (Å²) in [5.41, 5.74) is 2.14. The van der Waals surface area contributed by atoms with Gasteiger partial charge >= 0.3 is 0 Å². The molecule has 0 saturated heterocycles. The van der Waals surface area contributed by atoms with Crippen molar-refractivity contribution in [3.63, 3.8) is 0 Å². The Bertz CT molecular complexity index is 385. The van der Waals surface area contributed by atoms with Crippen molar-refractivity contribution in [2.24, 2.45) is 0 Å². The van der Waals surface area contributed by atoms with Crippen molar-refractivity contribution in [3.8, 4) is 0 Å². The third kappa shape index (κ3) is 5.28. The van der Waals surface area contributed by atoms with Crippen LogP contribution in [0.25, 0.3) is 0 Å².